The quantitative estimate of drug-likeness (QED) is 0.631. The van der Waals surface area contributed by atoms with Crippen LogP contribution in [0.4, 0.5) is 11.4 Å². The Kier molecular flexibility index (Phi) is 5.46. The van der Waals surface area contributed by atoms with Crippen LogP contribution in [-0.4, -0.2) is 23.0 Å². The van der Waals surface area contributed by atoms with E-state index in [1.165, 1.54) is 12.1 Å². The topological polar surface area (TPSA) is 79.0 Å². The van der Waals surface area contributed by atoms with E-state index in [2.05, 4.69) is 12.2 Å². The van der Waals surface area contributed by atoms with E-state index in [9.17, 15) is 10.1 Å². The Bertz CT molecular complexity index is 471. The number of hydrogen-bond donors (Lipinski definition) is 1. The highest BCUT2D eigenvalue weighted by Crippen LogP contribution is 2.23. The highest BCUT2D eigenvalue weighted by molar-refractivity contribution is 7.98. The van der Waals surface area contributed by atoms with E-state index in [1.807, 2.05) is 12.3 Å². The van der Waals surface area contributed by atoms with Crippen molar-refractivity contribution in [1.82, 2.24) is 0 Å². The number of nitro benzene ring substituents is 1. The molecule has 0 amide bonds. The molecular weight excluding hydrogens is 250 g/mol. The highest BCUT2D eigenvalue weighted by Gasteiger charge is 2.13. The number of anilines is 1. The summed E-state index contributed by atoms with van der Waals surface area (Å²) in [5, 5.41) is 22.9. The molecule has 0 fully saturated rings. The lowest BCUT2D eigenvalue weighted by Gasteiger charge is -2.17. The first-order chi connectivity index (χ1) is 8.62. The van der Waals surface area contributed by atoms with Gasteiger partial charge in [-0.3, -0.25) is 10.1 Å². The van der Waals surface area contributed by atoms with Gasteiger partial charge >= 0.3 is 0 Å². The fourth-order valence-corrected chi connectivity index (χ4v) is 2.27. The molecule has 0 aliphatic heterocycles. The summed E-state index contributed by atoms with van der Waals surface area (Å²) in [6, 6.07) is 6.55. The van der Waals surface area contributed by atoms with Crippen LogP contribution in [-0.2, 0) is 0 Å². The van der Waals surface area contributed by atoms with Gasteiger partial charge in [0.25, 0.3) is 5.69 Å². The highest BCUT2D eigenvalue weighted by atomic mass is 32.2. The van der Waals surface area contributed by atoms with Crippen molar-refractivity contribution in [1.29, 1.82) is 5.26 Å². The lowest BCUT2D eigenvalue weighted by Crippen LogP contribution is -2.21. The van der Waals surface area contributed by atoms with Gasteiger partial charge in [0.15, 0.2) is 0 Å². The lowest BCUT2D eigenvalue weighted by molar-refractivity contribution is -0.384. The Hall–Kier alpha value is -1.74. The van der Waals surface area contributed by atoms with Gasteiger partial charge in [-0.15, -0.1) is 0 Å². The zero-order valence-corrected chi connectivity index (χ0v) is 11.2. The first-order valence-electron chi connectivity index (χ1n) is 5.56. The van der Waals surface area contributed by atoms with E-state index in [0.29, 0.717) is 11.3 Å². The van der Waals surface area contributed by atoms with Gasteiger partial charge in [-0.25, -0.2) is 0 Å². The molecular formula is C12H15N3O2S. The summed E-state index contributed by atoms with van der Waals surface area (Å²) in [4.78, 5) is 10.1. The molecule has 6 heteroatoms. The third-order valence-electron chi connectivity index (χ3n) is 2.55. The molecule has 0 aromatic heterocycles. The molecule has 0 spiro atoms. The molecule has 0 saturated carbocycles. The van der Waals surface area contributed by atoms with Gasteiger partial charge in [0.1, 0.15) is 6.07 Å². The number of nitro groups is 1. The molecule has 1 rings (SSSR count). The van der Waals surface area contributed by atoms with E-state index >= 15 is 0 Å². The normalized spacial score (nSPS) is 11.6. The van der Waals surface area contributed by atoms with Crippen LogP contribution in [0.25, 0.3) is 0 Å². The second-order valence-corrected chi connectivity index (χ2v) is 4.71. The first-order valence-corrected chi connectivity index (χ1v) is 6.95. The lowest BCUT2D eigenvalue weighted by atomic mass is 10.1. The number of hydrogen-bond acceptors (Lipinski definition) is 5. The molecule has 0 heterocycles. The standard InChI is InChI=1S/C12H15N3O2S/c1-3-10(8-18-2)14-12-5-4-11(15(16)17)6-9(12)7-13/h4-6,10,14H,3,8H2,1-2H3. The van der Waals surface area contributed by atoms with E-state index in [4.69, 9.17) is 5.26 Å². The molecule has 0 radical (unpaired) electrons. The third kappa shape index (κ3) is 3.64. The number of nitrogens with one attached hydrogen (secondary N) is 1. The predicted molar refractivity (Wildman–Crippen MR) is 73.9 cm³/mol. The second kappa shape index (κ2) is 6.87. The van der Waals surface area contributed by atoms with Crippen molar-refractivity contribution in [3.8, 4) is 6.07 Å². The summed E-state index contributed by atoms with van der Waals surface area (Å²) < 4.78 is 0. The molecule has 96 valence electrons. The Morgan fingerprint density at radius 3 is 2.83 bits per heavy atom. The molecule has 1 aromatic rings. The summed E-state index contributed by atoms with van der Waals surface area (Å²) in [5.41, 5.74) is 0.905. The van der Waals surface area contributed by atoms with Crippen molar-refractivity contribution >= 4 is 23.1 Å². The van der Waals surface area contributed by atoms with Crippen molar-refractivity contribution in [2.75, 3.05) is 17.3 Å². The molecule has 1 atom stereocenters. The molecule has 18 heavy (non-hydrogen) atoms. The minimum Gasteiger partial charge on any atom is -0.380 e. The zero-order chi connectivity index (χ0) is 13.5. The van der Waals surface area contributed by atoms with Crippen molar-refractivity contribution < 1.29 is 4.92 Å². The SMILES string of the molecule is CCC(CSC)Nc1ccc([N+](=O)[O-])cc1C#N. The van der Waals surface area contributed by atoms with E-state index < -0.39 is 4.92 Å². The maximum atomic E-state index is 10.6. The Morgan fingerprint density at radius 1 is 1.61 bits per heavy atom. The van der Waals surface area contributed by atoms with E-state index in [1.54, 1.807) is 17.8 Å². The Morgan fingerprint density at radius 2 is 2.33 bits per heavy atom. The fraction of sp³-hybridized carbons (Fsp3) is 0.417. The summed E-state index contributed by atoms with van der Waals surface area (Å²) >= 11 is 1.72. The average molecular weight is 265 g/mol. The summed E-state index contributed by atoms with van der Waals surface area (Å²) in [6.07, 6.45) is 2.95. The van der Waals surface area contributed by atoms with Gasteiger partial charge in [-0.2, -0.15) is 17.0 Å². The van der Waals surface area contributed by atoms with Gasteiger partial charge in [0, 0.05) is 23.9 Å². The van der Waals surface area contributed by atoms with Crippen LogP contribution in [0, 0.1) is 21.4 Å². The number of nitriles is 1. The maximum absolute atomic E-state index is 10.6. The summed E-state index contributed by atoms with van der Waals surface area (Å²) in [6.45, 7) is 2.06. The fourth-order valence-electron chi connectivity index (χ4n) is 1.55. The minimum absolute atomic E-state index is 0.0602. The van der Waals surface area contributed by atoms with Gasteiger partial charge < -0.3 is 5.32 Å². The Labute approximate surface area is 110 Å². The molecule has 1 aromatic carbocycles. The molecule has 1 unspecified atom stereocenters. The van der Waals surface area contributed by atoms with Crippen LogP contribution in [0.2, 0.25) is 0 Å². The molecule has 5 nitrogen and oxygen atoms in total. The second-order valence-electron chi connectivity index (χ2n) is 3.80. The summed E-state index contributed by atoms with van der Waals surface area (Å²) in [5.74, 6) is 0.929. The van der Waals surface area contributed by atoms with Crippen molar-refractivity contribution in [3.05, 3.63) is 33.9 Å². The average Bonchev–Trinajstić information content (AvgIpc) is 2.38. The molecule has 0 aliphatic rings. The molecule has 1 N–H and O–H groups in total. The molecule has 0 bridgehead atoms. The van der Waals surface area contributed by atoms with Crippen molar-refractivity contribution in [2.45, 2.75) is 19.4 Å². The van der Waals surface area contributed by atoms with Crippen LogP contribution in [0.15, 0.2) is 18.2 Å². The van der Waals surface area contributed by atoms with Gasteiger partial charge in [0.2, 0.25) is 0 Å². The first kappa shape index (κ1) is 14.3. The van der Waals surface area contributed by atoms with Crippen molar-refractivity contribution in [2.24, 2.45) is 0 Å². The van der Waals surface area contributed by atoms with Gasteiger partial charge in [-0.1, -0.05) is 6.92 Å². The van der Waals surface area contributed by atoms with Crippen LogP contribution < -0.4 is 5.32 Å². The number of benzene rings is 1. The molecule has 0 aliphatic carbocycles. The maximum Gasteiger partial charge on any atom is 0.270 e. The number of thioether (sulfide) groups is 1. The van der Waals surface area contributed by atoms with Crippen LogP contribution >= 0.6 is 11.8 Å². The van der Waals surface area contributed by atoms with Crippen LogP contribution in [0.1, 0.15) is 18.9 Å². The van der Waals surface area contributed by atoms with E-state index in [-0.39, 0.29) is 11.7 Å². The Balaban J connectivity index is 2.96. The third-order valence-corrected chi connectivity index (χ3v) is 3.29. The van der Waals surface area contributed by atoms with E-state index in [0.717, 1.165) is 12.2 Å². The van der Waals surface area contributed by atoms with Crippen LogP contribution in [0.3, 0.4) is 0 Å². The van der Waals surface area contributed by atoms with Crippen molar-refractivity contribution in [3.63, 3.8) is 0 Å². The van der Waals surface area contributed by atoms with Gasteiger partial charge in [-0.05, 0) is 18.7 Å². The predicted octanol–water partition coefficient (Wildman–Crippen LogP) is 3.02. The molecule has 0 saturated heterocycles. The minimum atomic E-state index is -0.496. The largest absolute Gasteiger partial charge is 0.380 e. The monoisotopic (exact) mass is 265 g/mol. The number of non-ortho nitro benzene ring substituents is 1. The number of rotatable bonds is 6. The zero-order valence-electron chi connectivity index (χ0n) is 10.3. The smallest absolute Gasteiger partial charge is 0.270 e. The van der Waals surface area contributed by atoms with Gasteiger partial charge in [0.05, 0.1) is 16.2 Å². The number of nitrogens with zero attached hydrogens (tertiary/aromatic N) is 2. The summed E-state index contributed by atoms with van der Waals surface area (Å²) in [7, 11) is 0. The van der Waals surface area contributed by atoms with Crippen LogP contribution in [0.5, 0.6) is 0 Å².